The van der Waals surface area contributed by atoms with Gasteiger partial charge in [0, 0.05) is 23.7 Å². The first-order valence-electron chi connectivity index (χ1n) is 9.83. The minimum atomic E-state index is 0.0896. The van der Waals surface area contributed by atoms with E-state index in [-0.39, 0.29) is 11.8 Å². The molecule has 1 N–H and O–H groups in total. The third kappa shape index (κ3) is 5.10. The van der Waals surface area contributed by atoms with Crippen molar-refractivity contribution >= 4 is 11.6 Å². The molecule has 2 aromatic rings. The van der Waals surface area contributed by atoms with Crippen molar-refractivity contribution in [3.63, 3.8) is 0 Å². The zero-order valence-corrected chi connectivity index (χ0v) is 16.6. The van der Waals surface area contributed by atoms with Crippen LogP contribution in [0.3, 0.4) is 0 Å². The van der Waals surface area contributed by atoms with E-state index in [1.807, 2.05) is 48.5 Å². The molecule has 4 heteroatoms. The number of para-hydroxylation sites is 1. The highest BCUT2D eigenvalue weighted by Crippen LogP contribution is 2.31. The molecule has 144 valence electrons. The van der Waals surface area contributed by atoms with Crippen molar-refractivity contribution in [1.29, 1.82) is 0 Å². The second kappa shape index (κ2) is 9.05. The average molecular weight is 367 g/mol. The van der Waals surface area contributed by atoms with Crippen LogP contribution in [0.5, 0.6) is 5.75 Å². The van der Waals surface area contributed by atoms with Gasteiger partial charge in [-0.15, -0.1) is 0 Å². The monoisotopic (exact) mass is 366 g/mol. The number of piperidine rings is 1. The molecule has 0 radical (unpaired) electrons. The van der Waals surface area contributed by atoms with Gasteiger partial charge >= 0.3 is 0 Å². The number of methoxy groups -OCH3 is 1. The lowest BCUT2D eigenvalue weighted by Gasteiger charge is -2.32. The highest BCUT2D eigenvalue weighted by atomic mass is 16.5. The summed E-state index contributed by atoms with van der Waals surface area (Å²) in [5.41, 5.74) is 2.92. The first-order valence-corrected chi connectivity index (χ1v) is 9.83. The van der Waals surface area contributed by atoms with E-state index in [4.69, 9.17) is 4.74 Å². The predicted molar refractivity (Wildman–Crippen MR) is 111 cm³/mol. The normalized spacial score (nSPS) is 15.7. The molecule has 1 aliphatic rings. The Morgan fingerprint density at radius 3 is 2.59 bits per heavy atom. The molecule has 3 rings (SSSR count). The Morgan fingerprint density at radius 1 is 1.15 bits per heavy atom. The molecule has 27 heavy (non-hydrogen) atoms. The molecule has 1 saturated heterocycles. The second-order valence-corrected chi connectivity index (χ2v) is 7.74. The molecule has 1 heterocycles. The molecule has 0 unspecified atom stereocenters. The van der Waals surface area contributed by atoms with E-state index in [0.717, 1.165) is 55.0 Å². The average Bonchev–Trinajstić information content (AvgIpc) is 2.68. The quantitative estimate of drug-likeness (QED) is 0.808. The van der Waals surface area contributed by atoms with Crippen LogP contribution in [0.1, 0.15) is 26.7 Å². The summed E-state index contributed by atoms with van der Waals surface area (Å²) >= 11 is 0. The topological polar surface area (TPSA) is 41.6 Å². The molecule has 0 atom stereocenters. The van der Waals surface area contributed by atoms with E-state index in [1.54, 1.807) is 7.11 Å². The Balaban J connectivity index is 1.68. The zero-order valence-electron chi connectivity index (χ0n) is 16.6. The molecular formula is C23H30N2O2. The number of nitrogens with one attached hydrogen (secondary N) is 1. The fourth-order valence-electron chi connectivity index (χ4n) is 3.76. The first-order chi connectivity index (χ1) is 13.1. The Morgan fingerprint density at radius 2 is 1.89 bits per heavy atom. The van der Waals surface area contributed by atoms with Crippen LogP contribution in [0, 0.1) is 11.8 Å². The van der Waals surface area contributed by atoms with Crippen molar-refractivity contribution in [2.24, 2.45) is 11.8 Å². The molecule has 0 bridgehead atoms. The Labute approximate surface area is 162 Å². The van der Waals surface area contributed by atoms with Gasteiger partial charge in [0.15, 0.2) is 0 Å². The molecule has 0 spiro atoms. The third-order valence-corrected chi connectivity index (χ3v) is 5.15. The molecule has 0 saturated carbocycles. The lowest BCUT2D eigenvalue weighted by Crippen LogP contribution is -2.39. The maximum atomic E-state index is 12.8. The van der Waals surface area contributed by atoms with Crippen LogP contribution in [0.25, 0.3) is 11.1 Å². The van der Waals surface area contributed by atoms with Crippen molar-refractivity contribution in [3.8, 4) is 16.9 Å². The van der Waals surface area contributed by atoms with Gasteiger partial charge in [0.05, 0.1) is 7.11 Å². The van der Waals surface area contributed by atoms with Crippen LogP contribution < -0.4 is 10.1 Å². The van der Waals surface area contributed by atoms with Crippen molar-refractivity contribution in [3.05, 3.63) is 48.5 Å². The number of anilines is 1. The molecule has 2 aromatic carbocycles. The zero-order chi connectivity index (χ0) is 19.2. The van der Waals surface area contributed by atoms with Gasteiger partial charge in [-0.2, -0.15) is 0 Å². The van der Waals surface area contributed by atoms with Gasteiger partial charge in [0.1, 0.15) is 5.75 Å². The van der Waals surface area contributed by atoms with Crippen molar-refractivity contribution in [1.82, 2.24) is 4.90 Å². The van der Waals surface area contributed by atoms with E-state index in [0.29, 0.717) is 5.92 Å². The smallest absolute Gasteiger partial charge is 0.227 e. The number of carbonyl (C=O) groups excluding carboxylic acids is 1. The minimum absolute atomic E-state index is 0.0896. The minimum Gasteiger partial charge on any atom is -0.497 e. The fourth-order valence-corrected chi connectivity index (χ4v) is 3.76. The number of likely N-dealkylation sites (tertiary alicyclic amines) is 1. The standard InChI is InChI=1S/C23H30N2O2/c1-17(2)16-25-13-11-18(12-14-25)23(26)24-22-10-5-4-9-21(22)19-7-6-8-20(15-19)27-3/h4-10,15,17-18H,11-14,16H2,1-3H3,(H,24,26). The van der Waals surface area contributed by atoms with Crippen LogP contribution in [-0.4, -0.2) is 37.6 Å². The Kier molecular flexibility index (Phi) is 6.51. The van der Waals surface area contributed by atoms with Gasteiger partial charge in [-0.1, -0.05) is 44.2 Å². The van der Waals surface area contributed by atoms with Gasteiger partial charge in [0.25, 0.3) is 0 Å². The third-order valence-electron chi connectivity index (χ3n) is 5.15. The Hall–Kier alpha value is -2.33. The lowest BCUT2D eigenvalue weighted by molar-refractivity contribution is -0.121. The maximum absolute atomic E-state index is 12.8. The van der Waals surface area contributed by atoms with E-state index < -0.39 is 0 Å². The number of benzene rings is 2. The highest BCUT2D eigenvalue weighted by molar-refractivity contribution is 5.96. The summed E-state index contributed by atoms with van der Waals surface area (Å²) in [6, 6.07) is 15.9. The van der Waals surface area contributed by atoms with Crippen LogP contribution in [0.4, 0.5) is 5.69 Å². The molecule has 1 amide bonds. The number of hydrogen-bond donors (Lipinski definition) is 1. The van der Waals surface area contributed by atoms with Crippen LogP contribution in [0.2, 0.25) is 0 Å². The van der Waals surface area contributed by atoms with E-state index in [9.17, 15) is 4.79 Å². The summed E-state index contributed by atoms with van der Waals surface area (Å²) in [4.78, 5) is 15.3. The maximum Gasteiger partial charge on any atom is 0.227 e. The molecule has 1 aliphatic heterocycles. The van der Waals surface area contributed by atoms with Crippen molar-refractivity contribution in [2.45, 2.75) is 26.7 Å². The molecule has 4 nitrogen and oxygen atoms in total. The van der Waals surface area contributed by atoms with E-state index in [2.05, 4.69) is 24.1 Å². The fraction of sp³-hybridized carbons (Fsp3) is 0.435. The second-order valence-electron chi connectivity index (χ2n) is 7.74. The predicted octanol–water partition coefficient (Wildman–Crippen LogP) is 4.67. The van der Waals surface area contributed by atoms with Gasteiger partial charge in [-0.05, 0) is 55.6 Å². The SMILES string of the molecule is COc1cccc(-c2ccccc2NC(=O)C2CCN(CC(C)C)CC2)c1. The molecule has 0 aliphatic carbocycles. The number of carbonyl (C=O) groups is 1. The van der Waals surface area contributed by atoms with Gasteiger partial charge in [-0.25, -0.2) is 0 Å². The summed E-state index contributed by atoms with van der Waals surface area (Å²) in [6.45, 7) is 7.62. The summed E-state index contributed by atoms with van der Waals surface area (Å²) in [7, 11) is 1.67. The summed E-state index contributed by atoms with van der Waals surface area (Å²) in [5.74, 6) is 1.71. The highest BCUT2D eigenvalue weighted by Gasteiger charge is 2.25. The number of amides is 1. The van der Waals surface area contributed by atoms with E-state index in [1.165, 1.54) is 0 Å². The molecular weight excluding hydrogens is 336 g/mol. The number of rotatable bonds is 6. The van der Waals surface area contributed by atoms with Crippen LogP contribution >= 0.6 is 0 Å². The van der Waals surface area contributed by atoms with Gasteiger partial charge in [-0.3, -0.25) is 4.79 Å². The Bertz CT molecular complexity index is 764. The molecule has 1 fully saturated rings. The summed E-state index contributed by atoms with van der Waals surface area (Å²) in [5, 5.41) is 3.17. The lowest BCUT2D eigenvalue weighted by atomic mass is 9.94. The molecule has 0 aromatic heterocycles. The van der Waals surface area contributed by atoms with Gasteiger partial charge < -0.3 is 15.0 Å². The summed E-state index contributed by atoms with van der Waals surface area (Å²) in [6.07, 6.45) is 1.86. The number of nitrogens with zero attached hydrogens (tertiary/aromatic N) is 1. The van der Waals surface area contributed by atoms with Crippen molar-refractivity contribution < 1.29 is 9.53 Å². The first kappa shape index (κ1) is 19.4. The van der Waals surface area contributed by atoms with Gasteiger partial charge in [0.2, 0.25) is 5.91 Å². The van der Waals surface area contributed by atoms with Crippen molar-refractivity contribution in [2.75, 3.05) is 32.1 Å². The van der Waals surface area contributed by atoms with Crippen LogP contribution in [-0.2, 0) is 4.79 Å². The largest absolute Gasteiger partial charge is 0.497 e. The van der Waals surface area contributed by atoms with E-state index >= 15 is 0 Å². The van der Waals surface area contributed by atoms with Crippen LogP contribution in [0.15, 0.2) is 48.5 Å². The summed E-state index contributed by atoms with van der Waals surface area (Å²) < 4.78 is 5.34. The number of hydrogen-bond acceptors (Lipinski definition) is 3. The number of ether oxygens (including phenoxy) is 1.